The standard InChI is InChI=1S/C22H23ClFN3O2/c1-14-3-5-18(24)9-17(14)12-27(19-6-4-16(11-25)20(23)10-19)22(7-8-26-13-22)21(29)15(2)28/h3-6,9-10,15,26,28H,7-8,12-13H2,1-2H3/t15-,22-/m0/s1. The van der Waals surface area contributed by atoms with Crippen LogP contribution in [0.25, 0.3) is 0 Å². The Balaban J connectivity index is 2.15. The summed E-state index contributed by atoms with van der Waals surface area (Å²) in [6, 6.07) is 11.6. The van der Waals surface area contributed by atoms with Crippen molar-refractivity contribution in [1.82, 2.24) is 5.32 Å². The highest BCUT2D eigenvalue weighted by Crippen LogP contribution is 2.35. The fraction of sp³-hybridized carbons (Fsp3) is 0.364. The molecule has 1 saturated heterocycles. The predicted octanol–water partition coefficient (Wildman–Crippen LogP) is 3.35. The molecule has 0 bridgehead atoms. The molecule has 0 saturated carbocycles. The Morgan fingerprint density at radius 3 is 2.76 bits per heavy atom. The Kier molecular flexibility index (Phi) is 6.23. The van der Waals surface area contributed by atoms with Crippen molar-refractivity contribution >= 4 is 23.1 Å². The molecule has 1 heterocycles. The molecular weight excluding hydrogens is 393 g/mol. The van der Waals surface area contributed by atoms with E-state index in [0.29, 0.717) is 30.8 Å². The lowest BCUT2D eigenvalue weighted by Crippen LogP contribution is -2.59. The number of nitrogens with one attached hydrogen (secondary N) is 1. The van der Waals surface area contributed by atoms with Crippen LogP contribution in [0.15, 0.2) is 36.4 Å². The highest BCUT2D eigenvalue weighted by atomic mass is 35.5. The minimum atomic E-state index is -1.15. The summed E-state index contributed by atoms with van der Waals surface area (Å²) >= 11 is 6.27. The van der Waals surface area contributed by atoms with Crippen LogP contribution in [0, 0.1) is 24.1 Å². The SMILES string of the molecule is Cc1ccc(F)cc1CN(c1ccc(C#N)c(Cl)c1)[C@@]1(C(=O)[C@H](C)O)CCNC1. The smallest absolute Gasteiger partial charge is 0.187 e. The van der Waals surface area contributed by atoms with Gasteiger partial charge in [0.25, 0.3) is 0 Å². The average molecular weight is 416 g/mol. The van der Waals surface area contributed by atoms with E-state index in [0.717, 1.165) is 11.1 Å². The second-order valence-corrected chi connectivity index (χ2v) is 7.84. The topological polar surface area (TPSA) is 76.4 Å². The zero-order valence-electron chi connectivity index (χ0n) is 16.4. The van der Waals surface area contributed by atoms with Crippen molar-refractivity contribution in [3.05, 3.63) is 63.9 Å². The van der Waals surface area contributed by atoms with Gasteiger partial charge in [0.15, 0.2) is 5.78 Å². The Labute approximate surface area is 174 Å². The molecule has 1 aliphatic rings. The number of carbonyl (C=O) groups excluding carboxylic acids is 1. The van der Waals surface area contributed by atoms with Crippen molar-refractivity contribution in [2.24, 2.45) is 0 Å². The molecule has 0 unspecified atom stereocenters. The van der Waals surface area contributed by atoms with Gasteiger partial charge in [-0.05, 0) is 68.3 Å². The number of anilines is 1. The van der Waals surface area contributed by atoms with Crippen molar-refractivity contribution in [2.45, 2.75) is 38.5 Å². The molecule has 7 heteroatoms. The van der Waals surface area contributed by atoms with E-state index in [1.807, 2.05) is 17.9 Å². The molecule has 1 aliphatic heterocycles. The zero-order chi connectivity index (χ0) is 21.2. The van der Waals surface area contributed by atoms with Crippen LogP contribution in [0.4, 0.5) is 10.1 Å². The van der Waals surface area contributed by atoms with Crippen molar-refractivity contribution in [3.63, 3.8) is 0 Å². The second-order valence-electron chi connectivity index (χ2n) is 7.43. The third kappa shape index (κ3) is 4.13. The lowest BCUT2D eigenvalue weighted by atomic mass is 9.86. The monoisotopic (exact) mass is 415 g/mol. The maximum absolute atomic E-state index is 13.9. The van der Waals surface area contributed by atoms with E-state index in [2.05, 4.69) is 5.32 Å². The third-order valence-corrected chi connectivity index (χ3v) is 5.82. The lowest BCUT2D eigenvalue weighted by molar-refractivity contribution is -0.131. The van der Waals surface area contributed by atoms with Crippen molar-refractivity contribution < 1.29 is 14.3 Å². The summed E-state index contributed by atoms with van der Waals surface area (Å²) in [6.45, 7) is 4.56. The van der Waals surface area contributed by atoms with Gasteiger partial charge in [-0.3, -0.25) is 4.79 Å². The first-order valence-corrected chi connectivity index (χ1v) is 9.82. The van der Waals surface area contributed by atoms with Crippen LogP contribution in [0.1, 0.15) is 30.0 Å². The van der Waals surface area contributed by atoms with Crippen LogP contribution in [-0.4, -0.2) is 35.6 Å². The van der Waals surface area contributed by atoms with Gasteiger partial charge < -0.3 is 15.3 Å². The third-order valence-electron chi connectivity index (χ3n) is 5.51. The van der Waals surface area contributed by atoms with E-state index in [9.17, 15) is 19.6 Å². The van der Waals surface area contributed by atoms with Crippen LogP contribution >= 0.6 is 11.6 Å². The average Bonchev–Trinajstić information content (AvgIpc) is 3.18. The van der Waals surface area contributed by atoms with Crippen LogP contribution in [0.2, 0.25) is 5.02 Å². The first-order valence-electron chi connectivity index (χ1n) is 9.44. The number of Topliss-reactive ketones (excluding diaryl/α,β-unsaturated/α-hetero) is 1. The van der Waals surface area contributed by atoms with E-state index in [4.69, 9.17) is 11.6 Å². The Morgan fingerprint density at radius 2 is 2.17 bits per heavy atom. The fourth-order valence-corrected chi connectivity index (χ4v) is 4.09. The number of hydrogen-bond acceptors (Lipinski definition) is 5. The molecule has 0 amide bonds. The van der Waals surface area contributed by atoms with Crippen LogP contribution < -0.4 is 10.2 Å². The normalized spacial score (nSPS) is 19.6. The Bertz CT molecular complexity index is 965. The van der Waals surface area contributed by atoms with Gasteiger partial charge in [0.1, 0.15) is 23.5 Å². The van der Waals surface area contributed by atoms with Crippen molar-refractivity contribution in [1.29, 1.82) is 5.26 Å². The molecule has 0 aromatic heterocycles. The van der Waals surface area contributed by atoms with Crippen molar-refractivity contribution in [2.75, 3.05) is 18.0 Å². The minimum Gasteiger partial charge on any atom is -0.386 e. The molecule has 2 aromatic rings. The van der Waals surface area contributed by atoms with Crippen molar-refractivity contribution in [3.8, 4) is 6.07 Å². The van der Waals surface area contributed by atoms with Crippen LogP contribution in [0.5, 0.6) is 0 Å². The van der Waals surface area contributed by atoms with Gasteiger partial charge in [-0.25, -0.2) is 4.39 Å². The molecule has 0 aliphatic carbocycles. The summed E-state index contributed by atoms with van der Waals surface area (Å²) in [4.78, 5) is 15.0. The molecule has 0 spiro atoms. The summed E-state index contributed by atoms with van der Waals surface area (Å²) in [5, 5.41) is 22.8. The Morgan fingerprint density at radius 1 is 1.41 bits per heavy atom. The van der Waals surface area contributed by atoms with Crippen LogP contribution in [0.3, 0.4) is 0 Å². The van der Waals surface area contributed by atoms with E-state index in [-0.39, 0.29) is 23.2 Å². The minimum absolute atomic E-state index is 0.256. The maximum atomic E-state index is 13.9. The first kappa shape index (κ1) is 21.3. The molecule has 29 heavy (non-hydrogen) atoms. The number of aliphatic hydroxyl groups is 1. The van der Waals surface area contributed by atoms with Gasteiger partial charge >= 0.3 is 0 Å². The molecular formula is C22H23ClFN3O2. The quantitative estimate of drug-likeness (QED) is 0.756. The summed E-state index contributed by atoms with van der Waals surface area (Å²) in [5.41, 5.74) is 1.58. The number of aryl methyl sites for hydroxylation is 1. The molecule has 2 N–H and O–H groups in total. The second kappa shape index (κ2) is 8.50. The van der Waals surface area contributed by atoms with E-state index < -0.39 is 11.6 Å². The number of ketones is 1. The predicted molar refractivity (Wildman–Crippen MR) is 110 cm³/mol. The molecule has 2 atom stereocenters. The van der Waals surface area contributed by atoms with Gasteiger partial charge in [0, 0.05) is 18.8 Å². The molecule has 2 aromatic carbocycles. The maximum Gasteiger partial charge on any atom is 0.187 e. The van der Waals surface area contributed by atoms with Gasteiger partial charge in [-0.1, -0.05) is 17.7 Å². The number of hydrogen-bond donors (Lipinski definition) is 2. The summed E-state index contributed by atoms with van der Waals surface area (Å²) < 4.78 is 13.9. The van der Waals surface area contributed by atoms with Crippen LogP contribution in [-0.2, 0) is 11.3 Å². The number of halogens is 2. The molecule has 5 nitrogen and oxygen atoms in total. The number of benzene rings is 2. The number of rotatable bonds is 6. The number of aliphatic hydroxyl groups excluding tert-OH is 1. The molecule has 152 valence electrons. The zero-order valence-corrected chi connectivity index (χ0v) is 17.1. The molecule has 0 radical (unpaired) electrons. The van der Waals surface area contributed by atoms with E-state index in [1.165, 1.54) is 19.1 Å². The largest absolute Gasteiger partial charge is 0.386 e. The lowest BCUT2D eigenvalue weighted by Gasteiger charge is -2.42. The summed E-state index contributed by atoms with van der Waals surface area (Å²) in [5.74, 6) is -0.666. The molecule has 1 fully saturated rings. The number of nitrogens with zero attached hydrogens (tertiary/aromatic N) is 2. The summed E-state index contributed by atoms with van der Waals surface area (Å²) in [6.07, 6.45) is -0.664. The van der Waals surface area contributed by atoms with Gasteiger partial charge in [0.05, 0.1) is 10.6 Å². The highest BCUT2D eigenvalue weighted by Gasteiger charge is 2.48. The Hall–Kier alpha value is -2.46. The fourth-order valence-electron chi connectivity index (χ4n) is 3.87. The first-order chi connectivity index (χ1) is 13.8. The van der Waals surface area contributed by atoms with Gasteiger partial charge in [-0.15, -0.1) is 0 Å². The van der Waals surface area contributed by atoms with Gasteiger partial charge in [0.2, 0.25) is 0 Å². The number of nitriles is 1. The summed E-state index contributed by atoms with van der Waals surface area (Å²) in [7, 11) is 0. The molecule has 3 rings (SSSR count). The van der Waals surface area contributed by atoms with Gasteiger partial charge in [-0.2, -0.15) is 5.26 Å². The van der Waals surface area contributed by atoms with E-state index >= 15 is 0 Å². The van der Waals surface area contributed by atoms with E-state index in [1.54, 1.807) is 24.3 Å². The number of carbonyl (C=O) groups is 1. The highest BCUT2D eigenvalue weighted by molar-refractivity contribution is 6.32.